The molecule has 2 aromatic carbocycles. The fraction of sp³-hybridized carbons (Fsp3) is 0.222. The lowest BCUT2D eigenvalue weighted by Gasteiger charge is -2.17. The van der Waals surface area contributed by atoms with Crippen LogP contribution in [0.25, 0.3) is 0 Å². The third kappa shape index (κ3) is 4.99. The van der Waals surface area contributed by atoms with Crippen molar-refractivity contribution >= 4 is 27.5 Å². The fourth-order valence-electron chi connectivity index (χ4n) is 2.10. The molecule has 23 heavy (non-hydrogen) atoms. The molecule has 1 N–H and O–H groups in total. The lowest BCUT2D eigenvalue weighted by atomic mass is 10.1. The molecule has 0 amide bonds. The molecule has 0 radical (unpaired) electrons. The summed E-state index contributed by atoms with van der Waals surface area (Å²) in [6.07, 6.45) is 1.82. The van der Waals surface area contributed by atoms with Gasteiger partial charge in [0.1, 0.15) is 6.61 Å². The average Bonchev–Trinajstić information content (AvgIpc) is 2.56. The van der Waals surface area contributed by atoms with Crippen LogP contribution < -0.4 is 14.8 Å². The number of methoxy groups -OCH3 is 1. The Bertz CT molecular complexity index is 659. The van der Waals surface area contributed by atoms with E-state index in [1.165, 1.54) is 0 Å². The minimum atomic E-state index is 0.443. The first kappa shape index (κ1) is 17.9. The number of hydrogen-bond acceptors (Lipinski definition) is 3. The normalized spacial score (nSPS) is 10.4. The summed E-state index contributed by atoms with van der Waals surface area (Å²) < 4.78 is 12.4. The Balaban J connectivity index is 2.21. The Labute approximate surface area is 150 Å². The van der Waals surface area contributed by atoms with E-state index >= 15 is 0 Å². The summed E-state index contributed by atoms with van der Waals surface area (Å²) in [5.41, 5.74) is 2.06. The van der Waals surface area contributed by atoms with Gasteiger partial charge in [0.15, 0.2) is 11.5 Å². The van der Waals surface area contributed by atoms with Crippen molar-refractivity contribution in [3.63, 3.8) is 0 Å². The van der Waals surface area contributed by atoms with Crippen LogP contribution in [-0.2, 0) is 13.2 Å². The third-order valence-electron chi connectivity index (χ3n) is 3.27. The van der Waals surface area contributed by atoms with Crippen LogP contribution in [0.3, 0.4) is 0 Å². The summed E-state index contributed by atoms with van der Waals surface area (Å²) >= 11 is 9.49. The molecule has 2 aromatic rings. The fourth-order valence-corrected chi connectivity index (χ4v) is 2.68. The summed E-state index contributed by atoms with van der Waals surface area (Å²) in [6.45, 7) is 5.53. The van der Waals surface area contributed by atoms with Gasteiger partial charge in [0.25, 0.3) is 0 Å². The molecule has 0 aliphatic rings. The highest BCUT2D eigenvalue weighted by molar-refractivity contribution is 9.10. The maximum atomic E-state index is 6.03. The molecule has 3 nitrogen and oxygen atoms in total. The summed E-state index contributed by atoms with van der Waals surface area (Å²) in [5.74, 6) is 1.44. The largest absolute Gasteiger partial charge is 0.493 e. The minimum absolute atomic E-state index is 0.443. The highest BCUT2D eigenvalue weighted by Crippen LogP contribution is 2.36. The zero-order valence-corrected chi connectivity index (χ0v) is 15.3. The minimum Gasteiger partial charge on any atom is -0.493 e. The van der Waals surface area contributed by atoms with E-state index in [-0.39, 0.29) is 0 Å². The maximum Gasteiger partial charge on any atom is 0.167 e. The molecule has 122 valence electrons. The van der Waals surface area contributed by atoms with E-state index in [0.717, 1.165) is 27.9 Å². The van der Waals surface area contributed by atoms with Crippen LogP contribution in [0.15, 0.2) is 53.5 Å². The number of hydrogen-bond donors (Lipinski definition) is 1. The smallest absolute Gasteiger partial charge is 0.167 e. The quantitative estimate of drug-likeness (QED) is 0.505. The lowest BCUT2D eigenvalue weighted by molar-refractivity contribution is 0.280. The first-order valence-corrected chi connectivity index (χ1v) is 8.37. The second-order valence-corrected chi connectivity index (χ2v) is 6.18. The summed E-state index contributed by atoms with van der Waals surface area (Å²) in [5, 5.41) is 4.00. The van der Waals surface area contributed by atoms with Crippen LogP contribution >= 0.6 is 27.5 Å². The van der Waals surface area contributed by atoms with E-state index in [9.17, 15) is 0 Å². The van der Waals surface area contributed by atoms with Crippen molar-refractivity contribution in [2.45, 2.75) is 13.2 Å². The van der Waals surface area contributed by atoms with Crippen molar-refractivity contribution in [1.29, 1.82) is 0 Å². The third-order valence-corrected chi connectivity index (χ3v) is 4.27. The van der Waals surface area contributed by atoms with Crippen LogP contribution in [0.1, 0.15) is 11.1 Å². The van der Waals surface area contributed by atoms with E-state index in [4.69, 9.17) is 21.1 Å². The van der Waals surface area contributed by atoms with Gasteiger partial charge in [-0.05, 0) is 29.8 Å². The van der Waals surface area contributed by atoms with Crippen LogP contribution in [-0.4, -0.2) is 13.7 Å². The molecule has 2 rings (SSSR count). The Morgan fingerprint density at radius 1 is 1.22 bits per heavy atom. The molecule has 0 unspecified atom stereocenters. The van der Waals surface area contributed by atoms with Gasteiger partial charge in [-0.2, -0.15) is 0 Å². The molecule has 0 aliphatic heterocycles. The van der Waals surface area contributed by atoms with Gasteiger partial charge in [0.2, 0.25) is 0 Å². The van der Waals surface area contributed by atoms with Crippen molar-refractivity contribution in [2.24, 2.45) is 0 Å². The molecule has 0 fully saturated rings. The Morgan fingerprint density at radius 2 is 1.96 bits per heavy atom. The number of rotatable bonds is 8. The van der Waals surface area contributed by atoms with E-state index in [0.29, 0.717) is 23.9 Å². The van der Waals surface area contributed by atoms with Crippen molar-refractivity contribution < 1.29 is 9.47 Å². The van der Waals surface area contributed by atoms with Crippen molar-refractivity contribution in [3.05, 3.63) is 69.7 Å². The van der Waals surface area contributed by atoms with E-state index in [1.807, 2.05) is 42.5 Å². The van der Waals surface area contributed by atoms with Gasteiger partial charge in [-0.1, -0.05) is 45.7 Å². The topological polar surface area (TPSA) is 30.5 Å². The van der Waals surface area contributed by atoms with Crippen LogP contribution in [0.4, 0.5) is 0 Å². The van der Waals surface area contributed by atoms with Crippen LogP contribution in [0, 0.1) is 0 Å². The van der Waals surface area contributed by atoms with E-state index < -0.39 is 0 Å². The monoisotopic (exact) mass is 395 g/mol. The van der Waals surface area contributed by atoms with Gasteiger partial charge in [0, 0.05) is 28.1 Å². The van der Waals surface area contributed by atoms with Gasteiger partial charge in [-0.15, -0.1) is 6.58 Å². The summed E-state index contributed by atoms with van der Waals surface area (Å²) in [6, 6.07) is 11.4. The van der Waals surface area contributed by atoms with E-state index in [1.54, 1.807) is 7.11 Å². The predicted octanol–water partition coefficient (Wildman–Crippen LogP) is 4.97. The number of ether oxygens (including phenoxy) is 2. The van der Waals surface area contributed by atoms with Crippen molar-refractivity contribution in [3.8, 4) is 11.5 Å². The van der Waals surface area contributed by atoms with Gasteiger partial charge < -0.3 is 14.8 Å². The number of halogens is 2. The lowest BCUT2D eigenvalue weighted by Crippen LogP contribution is -2.14. The van der Waals surface area contributed by atoms with Crippen molar-refractivity contribution in [1.82, 2.24) is 5.32 Å². The molecule has 0 heterocycles. The predicted molar refractivity (Wildman–Crippen MR) is 98.4 cm³/mol. The average molecular weight is 397 g/mol. The van der Waals surface area contributed by atoms with Gasteiger partial charge in [0.05, 0.1) is 7.11 Å². The Kier molecular flexibility index (Phi) is 6.96. The second kappa shape index (κ2) is 8.96. The molecule has 0 saturated heterocycles. The molecule has 0 aliphatic carbocycles. The zero-order chi connectivity index (χ0) is 16.7. The molecule has 0 atom stereocenters. The van der Waals surface area contributed by atoms with Gasteiger partial charge >= 0.3 is 0 Å². The zero-order valence-electron chi connectivity index (χ0n) is 12.9. The highest BCUT2D eigenvalue weighted by atomic mass is 79.9. The van der Waals surface area contributed by atoms with Crippen LogP contribution in [0.2, 0.25) is 5.02 Å². The van der Waals surface area contributed by atoms with Gasteiger partial charge in [-0.3, -0.25) is 0 Å². The number of nitrogens with one attached hydrogen (secondary N) is 1. The first-order valence-electron chi connectivity index (χ1n) is 7.20. The molecule has 5 heteroatoms. The molecule has 0 aromatic heterocycles. The molecule has 0 spiro atoms. The number of benzene rings is 2. The first-order chi connectivity index (χ1) is 11.2. The highest BCUT2D eigenvalue weighted by Gasteiger charge is 2.14. The van der Waals surface area contributed by atoms with E-state index in [2.05, 4.69) is 27.8 Å². The summed E-state index contributed by atoms with van der Waals surface area (Å²) in [7, 11) is 1.64. The van der Waals surface area contributed by atoms with Gasteiger partial charge in [-0.25, -0.2) is 0 Å². The maximum absolute atomic E-state index is 6.03. The molecular weight excluding hydrogens is 378 g/mol. The molecule has 0 saturated carbocycles. The Hall–Kier alpha value is -1.49. The standard InChI is InChI=1S/C18H19BrClNO2/c1-3-10-21-11-15-16(19)8-9-17(22-2)18(15)23-12-13-4-6-14(20)7-5-13/h3-9,21H,1,10-12H2,2H3. The van der Waals surface area contributed by atoms with Crippen molar-refractivity contribution in [2.75, 3.05) is 13.7 Å². The summed E-state index contributed by atoms with van der Waals surface area (Å²) in [4.78, 5) is 0. The SMILES string of the molecule is C=CCNCc1c(Br)ccc(OC)c1OCc1ccc(Cl)cc1. The molecular formula is C18H19BrClNO2. The Morgan fingerprint density at radius 3 is 2.61 bits per heavy atom. The molecule has 0 bridgehead atoms. The van der Waals surface area contributed by atoms with Crippen LogP contribution in [0.5, 0.6) is 11.5 Å². The second-order valence-electron chi connectivity index (χ2n) is 4.89.